The Morgan fingerprint density at radius 3 is 2.59 bits per heavy atom. The van der Waals surface area contributed by atoms with Crippen molar-refractivity contribution in [3.8, 4) is 23.0 Å². The Hall–Kier alpha value is -3.68. The Labute approximate surface area is 187 Å². The third kappa shape index (κ3) is 5.94. The van der Waals surface area contributed by atoms with Crippen LogP contribution in [0.1, 0.15) is 19.4 Å². The van der Waals surface area contributed by atoms with Crippen molar-refractivity contribution in [1.82, 2.24) is 4.90 Å². The quantitative estimate of drug-likeness (QED) is 0.644. The van der Waals surface area contributed by atoms with Gasteiger partial charge in [-0.1, -0.05) is 18.2 Å². The summed E-state index contributed by atoms with van der Waals surface area (Å²) < 4.78 is 22.0. The molecule has 2 amide bonds. The van der Waals surface area contributed by atoms with Crippen LogP contribution in [0.5, 0.6) is 23.0 Å². The molecule has 3 rings (SSSR count). The van der Waals surface area contributed by atoms with E-state index in [9.17, 15) is 9.59 Å². The maximum atomic E-state index is 12.6. The fourth-order valence-corrected chi connectivity index (χ4v) is 3.20. The van der Waals surface area contributed by atoms with Crippen LogP contribution in [0.2, 0.25) is 0 Å². The van der Waals surface area contributed by atoms with Crippen LogP contribution < -0.4 is 24.3 Å². The molecule has 0 bridgehead atoms. The second-order valence-corrected chi connectivity index (χ2v) is 7.01. The molecule has 0 radical (unpaired) electrons. The third-order valence-corrected chi connectivity index (χ3v) is 4.79. The van der Waals surface area contributed by atoms with Gasteiger partial charge in [0, 0.05) is 18.3 Å². The number of nitrogens with one attached hydrogen (secondary N) is 1. The topological polar surface area (TPSA) is 86.3 Å². The van der Waals surface area contributed by atoms with E-state index in [-0.39, 0.29) is 25.0 Å². The molecule has 2 aromatic carbocycles. The Bertz CT molecular complexity index is 988. The first-order chi connectivity index (χ1) is 15.5. The van der Waals surface area contributed by atoms with Crippen molar-refractivity contribution in [3.63, 3.8) is 0 Å². The van der Waals surface area contributed by atoms with Gasteiger partial charge in [0.25, 0.3) is 5.91 Å². The molecular formula is C24H28N2O6. The zero-order valence-corrected chi connectivity index (χ0v) is 18.6. The molecule has 32 heavy (non-hydrogen) atoms. The molecule has 2 aromatic rings. The van der Waals surface area contributed by atoms with E-state index in [4.69, 9.17) is 18.9 Å². The van der Waals surface area contributed by atoms with Gasteiger partial charge in [-0.3, -0.25) is 9.59 Å². The fraction of sp³-hybridized carbons (Fsp3) is 0.333. The number of anilines is 1. The van der Waals surface area contributed by atoms with E-state index in [1.54, 1.807) is 31.4 Å². The molecule has 1 heterocycles. The first-order valence-corrected chi connectivity index (χ1v) is 10.4. The van der Waals surface area contributed by atoms with E-state index in [0.29, 0.717) is 48.4 Å². The average Bonchev–Trinajstić information content (AvgIpc) is 2.81. The summed E-state index contributed by atoms with van der Waals surface area (Å²) in [4.78, 5) is 26.5. The highest BCUT2D eigenvalue weighted by atomic mass is 16.6. The number of methoxy groups -OCH3 is 1. The number of nitrogens with zero attached hydrogens (tertiary/aromatic N) is 1. The second kappa shape index (κ2) is 11.1. The summed E-state index contributed by atoms with van der Waals surface area (Å²) in [5.41, 5.74) is 1.54. The van der Waals surface area contributed by atoms with E-state index >= 15 is 0 Å². The highest BCUT2D eigenvalue weighted by molar-refractivity contribution is 5.95. The molecule has 0 saturated carbocycles. The van der Waals surface area contributed by atoms with Gasteiger partial charge in [-0.25, -0.2) is 0 Å². The number of rotatable bonds is 9. The molecule has 1 aliphatic heterocycles. The summed E-state index contributed by atoms with van der Waals surface area (Å²) in [6.07, 6.45) is 3.87. The maximum absolute atomic E-state index is 12.6. The zero-order chi connectivity index (χ0) is 22.9. The van der Waals surface area contributed by atoms with Gasteiger partial charge in [0.2, 0.25) is 5.91 Å². The van der Waals surface area contributed by atoms with Gasteiger partial charge < -0.3 is 29.2 Å². The van der Waals surface area contributed by atoms with Crippen molar-refractivity contribution < 1.29 is 28.5 Å². The lowest BCUT2D eigenvalue weighted by Gasteiger charge is -2.22. The summed E-state index contributed by atoms with van der Waals surface area (Å²) >= 11 is 0. The van der Waals surface area contributed by atoms with Crippen LogP contribution in [-0.2, 0) is 9.59 Å². The Kier molecular flexibility index (Phi) is 7.96. The third-order valence-electron chi connectivity index (χ3n) is 4.79. The molecule has 0 spiro atoms. The summed E-state index contributed by atoms with van der Waals surface area (Å²) in [5.74, 6) is 1.61. The molecule has 0 aromatic heterocycles. The number of benzene rings is 2. The monoisotopic (exact) mass is 440 g/mol. The van der Waals surface area contributed by atoms with E-state index in [0.717, 1.165) is 5.56 Å². The highest BCUT2D eigenvalue weighted by Gasteiger charge is 2.18. The number of allylic oxidation sites excluding steroid dienone is 1. The van der Waals surface area contributed by atoms with E-state index in [1.807, 2.05) is 38.1 Å². The van der Waals surface area contributed by atoms with Crippen LogP contribution in [0.3, 0.4) is 0 Å². The first-order valence-electron chi connectivity index (χ1n) is 10.4. The molecule has 0 fully saturated rings. The van der Waals surface area contributed by atoms with E-state index < -0.39 is 0 Å². The summed E-state index contributed by atoms with van der Waals surface area (Å²) in [7, 11) is 1.55. The number of hydrogen-bond acceptors (Lipinski definition) is 6. The lowest BCUT2D eigenvalue weighted by atomic mass is 10.2. The maximum Gasteiger partial charge on any atom is 0.260 e. The van der Waals surface area contributed by atoms with Gasteiger partial charge in [0.15, 0.2) is 29.6 Å². The van der Waals surface area contributed by atoms with Crippen molar-refractivity contribution in [1.29, 1.82) is 0 Å². The van der Waals surface area contributed by atoms with Gasteiger partial charge in [-0.2, -0.15) is 0 Å². The molecule has 1 aliphatic rings. The van der Waals surface area contributed by atoms with Crippen molar-refractivity contribution in [2.75, 3.05) is 45.3 Å². The predicted molar refractivity (Wildman–Crippen MR) is 122 cm³/mol. The highest BCUT2D eigenvalue weighted by Crippen LogP contribution is 2.32. The zero-order valence-electron chi connectivity index (χ0n) is 18.6. The second-order valence-electron chi connectivity index (χ2n) is 7.01. The first kappa shape index (κ1) is 23.0. The number of carbonyl (C=O) groups excluding carboxylic acids is 2. The van der Waals surface area contributed by atoms with Crippen molar-refractivity contribution in [2.24, 2.45) is 0 Å². The average molecular weight is 440 g/mol. The standard InChI is InChI=1S/C24H28N2O6/c1-4-6-17-7-9-19(21(13-17)29-3)32-16-24(28)26(5-2)15-23(27)25-18-8-10-20-22(14-18)31-12-11-30-20/h4,6-10,13-14H,5,11-12,15-16H2,1-3H3,(H,25,27)/b6-4+. The summed E-state index contributed by atoms with van der Waals surface area (Å²) in [6, 6.07) is 10.6. The summed E-state index contributed by atoms with van der Waals surface area (Å²) in [6.45, 7) is 4.77. The van der Waals surface area contributed by atoms with Crippen LogP contribution in [0.4, 0.5) is 5.69 Å². The van der Waals surface area contributed by atoms with Crippen LogP contribution in [0, 0.1) is 0 Å². The number of hydrogen-bond donors (Lipinski definition) is 1. The van der Waals surface area contributed by atoms with Crippen molar-refractivity contribution in [2.45, 2.75) is 13.8 Å². The number of carbonyl (C=O) groups is 2. The van der Waals surface area contributed by atoms with E-state index in [1.165, 1.54) is 4.90 Å². The fourth-order valence-electron chi connectivity index (χ4n) is 3.20. The molecular weight excluding hydrogens is 412 g/mol. The number of amides is 2. The predicted octanol–water partition coefficient (Wildman–Crippen LogP) is 3.37. The minimum Gasteiger partial charge on any atom is -0.493 e. The molecule has 0 atom stereocenters. The van der Waals surface area contributed by atoms with Gasteiger partial charge >= 0.3 is 0 Å². The Morgan fingerprint density at radius 2 is 1.88 bits per heavy atom. The normalized spacial score (nSPS) is 12.3. The van der Waals surface area contributed by atoms with Gasteiger partial charge in [0.1, 0.15) is 13.2 Å². The molecule has 8 nitrogen and oxygen atoms in total. The van der Waals surface area contributed by atoms with Gasteiger partial charge in [-0.05, 0) is 43.7 Å². The molecule has 1 N–H and O–H groups in total. The van der Waals surface area contributed by atoms with Gasteiger partial charge in [0.05, 0.1) is 13.7 Å². The molecule has 170 valence electrons. The lowest BCUT2D eigenvalue weighted by Crippen LogP contribution is -2.40. The van der Waals surface area contributed by atoms with Crippen LogP contribution in [-0.4, -0.2) is 56.7 Å². The number of likely N-dealkylation sites (N-methyl/N-ethyl adjacent to an activating group) is 1. The molecule has 8 heteroatoms. The van der Waals surface area contributed by atoms with Crippen LogP contribution in [0.25, 0.3) is 6.08 Å². The number of ether oxygens (including phenoxy) is 4. The molecule has 0 aliphatic carbocycles. The number of fused-ring (bicyclic) bond motifs is 1. The van der Waals surface area contributed by atoms with E-state index in [2.05, 4.69) is 5.32 Å². The minimum atomic E-state index is -0.315. The smallest absolute Gasteiger partial charge is 0.260 e. The Balaban J connectivity index is 1.56. The van der Waals surface area contributed by atoms with Crippen LogP contribution >= 0.6 is 0 Å². The van der Waals surface area contributed by atoms with Crippen LogP contribution in [0.15, 0.2) is 42.5 Å². The minimum absolute atomic E-state index is 0.0928. The SMILES string of the molecule is C/C=C/c1ccc(OCC(=O)N(CC)CC(=O)Nc2ccc3c(c2)OCCO3)c(OC)c1. The van der Waals surface area contributed by atoms with Crippen molar-refractivity contribution >= 4 is 23.6 Å². The lowest BCUT2D eigenvalue weighted by molar-refractivity contribution is -0.136. The molecule has 0 unspecified atom stereocenters. The van der Waals surface area contributed by atoms with Gasteiger partial charge in [-0.15, -0.1) is 0 Å². The molecule has 0 saturated heterocycles. The van der Waals surface area contributed by atoms with Crippen molar-refractivity contribution in [3.05, 3.63) is 48.0 Å². The summed E-state index contributed by atoms with van der Waals surface area (Å²) in [5, 5.41) is 2.79. The largest absolute Gasteiger partial charge is 0.493 e. The Morgan fingerprint density at radius 1 is 1.09 bits per heavy atom.